The maximum Gasteiger partial charge on any atom is 0.313 e. The molecule has 0 heterocycles. The molecule has 1 aliphatic carbocycles. The normalized spacial score (nSPS) is 18.8. The molecule has 1 unspecified atom stereocenters. The number of aliphatic carboxylic acids is 1. The summed E-state index contributed by atoms with van der Waals surface area (Å²) in [6.07, 6.45) is 2.02. The lowest BCUT2D eigenvalue weighted by molar-refractivity contribution is -0.151. The molecular weight excluding hydrogens is 240 g/mol. The van der Waals surface area contributed by atoms with E-state index in [-0.39, 0.29) is 0 Å². The van der Waals surface area contributed by atoms with Crippen LogP contribution in [0.25, 0.3) is 10.8 Å². The number of carbonyl (C=O) groups is 1. The lowest BCUT2D eigenvalue weighted by Gasteiger charge is -2.41. The number of carboxylic acid groups (broad SMARTS) is 1. The highest BCUT2D eigenvalue weighted by Gasteiger charge is 2.47. The van der Waals surface area contributed by atoms with Crippen LogP contribution in [0.1, 0.15) is 30.7 Å². The summed E-state index contributed by atoms with van der Waals surface area (Å²) < 4.78 is 0. The van der Waals surface area contributed by atoms with Crippen molar-refractivity contribution in [2.45, 2.75) is 30.8 Å². The van der Waals surface area contributed by atoms with Crippen LogP contribution in [0.4, 0.5) is 0 Å². The molecule has 2 aromatic carbocycles. The van der Waals surface area contributed by atoms with Crippen molar-refractivity contribution < 1.29 is 15.0 Å². The van der Waals surface area contributed by atoms with Crippen molar-refractivity contribution in [3.8, 4) is 0 Å². The van der Waals surface area contributed by atoms with Gasteiger partial charge < -0.3 is 10.2 Å². The van der Waals surface area contributed by atoms with Gasteiger partial charge in [0.2, 0.25) is 0 Å². The molecule has 19 heavy (non-hydrogen) atoms. The van der Waals surface area contributed by atoms with Gasteiger partial charge in [-0.25, -0.2) is 0 Å². The van der Waals surface area contributed by atoms with Crippen LogP contribution in [0.15, 0.2) is 42.5 Å². The van der Waals surface area contributed by atoms with E-state index in [1.807, 2.05) is 42.5 Å². The summed E-state index contributed by atoms with van der Waals surface area (Å²) in [5.41, 5.74) is -0.372. The second-order valence-electron chi connectivity index (χ2n) is 5.30. The van der Waals surface area contributed by atoms with E-state index >= 15 is 0 Å². The number of benzene rings is 2. The van der Waals surface area contributed by atoms with E-state index in [4.69, 9.17) is 0 Å². The van der Waals surface area contributed by atoms with Gasteiger partial charge in [-0.1, -0.05) is 42.5 Å². The lowest BCUT2D eigenvalue weighted by atomic mass is 9.68. The summed E-state index contributed by atoms with van der Waals surface area (Å²) in [5.74, 6) is -1.79. The molecule has 0 amide bonds. The van der Waals surface area contributed by atoms with Gasteiger partial charge in [0.15, 0.2) is 0 Å². The van der Waals surface area contributed by atoms with Crippen LogP contribution in [0.5, 0.6) is 0 Å². The monoisotopic (exact) mass is 256 g/mol. The Morgan fingerprint density at radius 3 is 2.42 bits per heavy atom. The summed E-state index contributed by atoms with van der Waals surface area (Å²) >= 11 is 0. The molecule has 3 heteroatoms. The van der Waals surface area contributed by atoms with Crippen LogP contribution < -0.4 is 0 Å². The molecule has 2 aromatic rings. The molecule has 0 saturated heterocycles. The van der Waals surface area contributed by atoms with Gasteiger partial charge in [-0.15, -0.1) is 0 Å². The topological polar surface area (TPSA) is 57.5 Å². The van der Waals surface area contributed by atoms with Crippen molar-refractivity contribution in [1.82, 2.24) is 0 Å². The zero-order chi connectivity index (χ0) is 13.5. The first-order valence-corrected chi connectivity index (χ1v) is 6.55. The van der Waals surface area contributed by atoms with Crippen LogP contribution in [0.2, 0.25) is 0 Å². The molecule has 0 aliphatic heterocycles. The van der Waals surface area contributed by atoms with Gasteiger partial charge in [0.25, 0.3) is 0 Å². The molecule has 0 aromatic heterocycles. The van der Waals surface area contributed by atoms with Crippen molar-refractivity contribution in [3.05, 3.63) is 48.0 Å². The predicted molar refractivity (Wildman–Crippen MR) is 73.1 cm³/mol. The minimum Gasteiger partial charge on any atom is -0.481 e. The van der Waals surface area contributed by atoms with Gasteiger partial charge in [-0.2, -0.15) is 0 Å². The second kappa shape index (κ2) is 4.35. The van der Waals surface area contributed by atoms with Crippen LogP contribution >= 0.6 is 0 Å². The highest BCUT2D eigenvalue weighted by Crippen LogP contribution is 2.45. The third-order valence-electron chi connectivity index (χ3n) is 4.14. The smallest absolute Gasteiger partial charge is 0.313 e. The maximum atomic E-state index is 11.6. The van der Waals surface area contributed by atoms with Gasteiger partial charge in [0, 0.05) is 0 Å². The van der Waals surface area contributed by atoms with Crippen molar-refractivity contribution in [2.24, 2.45) is 0 Å². The lowest BCUT2D eigenvalue weighted by Crippen LogP contribution is -2.46. The number of hydrogen-bond donors (Lipinski definition) is 2. The highest BCUT2D eigenvalue weighted by atomic mass is 16.4. The Morgan fingerprint density at radius 1 is 1.11 bits per heavy atom. The summed E-state index contributed by atoms with van der Waals surface area (Å²) in [6.45, 7) is 0. The van der Waals surface area contributed by atoms with E-state index in [9.17, 15) is 15.0 Å². The Morgan fingerprint density at radius 2 is 1.79 bits per heavy atom. The van der Waals surface area contributed by atoms with E-state index in [0.29, 0.717) is 18.4 Å². The minimum absolute atomic E-state index is 0.563. The Labute approximate surface area is 111 Å². The minimum atomic E-state index is -1.09. The zero-order valence-corrected chi connectivity index (χ0v) is 10.5. The van der Waals surface area contributed by atoms with Crippen molar-refractivity contribution in [1.29, 1.82) is 0 Å². The molecule has 1 saturated carbocycles. The van der Waals surface area contributed by atoms with Crippen LogP contribution in [-0.2, 0) is 4.79 Å². The fraction of sp³-hybridized carbons (Fsp3) is 0.312. The summed E-state index contributed by atoms with van der Waals surface area (Å²) in [4.78, 5) is 11.6. The first-order valence-electron chi connectivity index (χ1n) is 6.55. The van der Waals surface area contributed by atoms with E-state index in [2.05, 4.69) is 0 Å². The molecule has 0 radical (unpaired) electrons. The van der Waals surface area contributed by atoms with Crippen LogP contribution in [-0.4, -0.2) is 21.8 Å². The van der Waals surface area contributed by atoms with E-state index in [1.165, 1.54) is 0 Å². The SMILES string of the molecule is O=C(O)C(c1cccc2ccccc12)C1(O)CCC1. The molecule has 1 aliphatic rings. The largest absolute Gasteiger partial charge is 0.481 e. The maximum absolute atomic E-state index is 11.6. The molecule has 98 valence electrons. The number of hydrogen-bond acceptors (Lipinski definition) is 2. The van der Waals surface area contributed by atoms with Gasteiger partial charge in [0.1, 0.15) is 5.92 Å². The van der Waals surface area contributed by atoms with Gasteiger partial charge in [-0.3, -0.25) is 4.79 Å². The Bertz CT molecular complexity index is 623. The first kappa shape index (κ1) is 12.2. The standard InChI is InChI=1S/C16H16O3/c17-15(18)14(16(19)9-4-10-16)13-8-3-6-11-5-1-2-7-12(11)13/h1-3,5-8,14,19H,4,9-10H2,(H,17,18). The molecule has 3 rings (SSSR count). The number of fused-ring (bicyclic) bond motifs is 1. The summed E-state index contributed by atoms with van der Waals surface area (Å²) in [7, 11) is 0. The molecule has 1 fully saturated rings. The van der Waals surface area contributed by atoms with E-state index < -0.39 is 17.5 Å². The van der Waals surface area contributed by atoms with Gasteiger partial charge >= 0.3 is 5.97 Å². The van der Waals surface area contributed by atoms with Gasteiger partial charge in [-0.05, 0) is 35.6 Å². The highest BCUT2D eigenvalue weighted by molar-refractivity contribution is 5.91. The Hall–Kier alpha value is -1.87. The zero-order valence-electron chi connectivity index (χ0n) is 10.5. The number of carboxylic acids is 1. The number of aliphatic hydroxyl groups is 1. The number of rotatable bonds is 3. The van der Waals surface area contributed by atoms with E-state index in [0.717, 1.165) is 17.2 Å². The Kier molecular flexibility index (Phi) is 2.79. The average molecular weight is 256 g/mol. The fourth-order valence-electron chi connectivity index (χ4n) is 2.98. The molecule has 1 atom stereocenters. The molecule has 2 N–H and O–H groups in total. The van der Waals surface area contributed by atoms with Crippen molar-refractivity contribution in [3.63, 3.8) is 0 Å². The third-order valence-corrected chi connectivity index (χ3v) is 4.14. The molecule has 0 bridgehead atoms. The first-order chi connectivity index (χ1) is 9.12. The van der Waals surface area contributed by atoms with Crippen molar-refractivity contribution in [2.75, 3.05) is 0 Å². The second-order valence-corrected chi connectivity index (χ2v) is 5.30. The van der Waals surface area contributed by atoms with Crippen LogP contribution in [0.3, 0.4) is 0 Å². The van der Waals surface area contributed by atoms with Crippen LogP contribution in [0, 0.1) is 0 Å². The summed E-state index contributed by atoms with van der Waals surface area (Å²) in [6, 6.07) is 13.3. The molecule has 0 spiro atoms. The fourth-order valence-corrected chi connectivity index (χ4v) is 2.98. The van der Waals surface area contributed by atoms with E-state index in [1.54, 1.807) is 0 Å². The Balaban J connectivity index is 2.18. The summed E-state index contributed by atoms with van der Waals surface area (Å²) in [5, 5.41) is 21.9. The predicted octanol–water partition coefficient (Wildman–Crippen LogP) is 2.92. The molecule has 3 nitrogen and oxygen atoms in total. The average Bonchev–Trinajstić information content (AvgIpc) is 2.37. The quantitative estimate of drug-likeness (QED) is 0.887. The van der Waals surface area contributed by atoms with Gasteiger partial charge in [0.05, 0.1) is 5.60 Å². The molecular formula is C16H16O3. The third kappa shape index (κ3) is 1.90. The van der Waals surface area contributed by atoms with Crippen molar-refractivity contribution >= 4 is 16.7 Å².